The first-order chi connectivity index (χ1) is 49.7. The number of phosphoric acid groups is 2. The summed E-state index contributed by atoms with van der Waals surface area (Å²) in [5.74, 6) is -2.30. The molecule has 0 aliphatic rings. The summed E-state index contributed by atoms with van der Waals surface area (Å²) >= 11 is 0. The van der Waals surface area contributed by atoms with Gasteiger partial charge < -0.3 is 33.8 Å². The van der Waals surface area contributed by atoms with E-state index in [4.69, 9.17) is 37.0 Å². The third kappa shape index (κ3) is 74.0. The quantitative estimate of drug-likeness (QED) is 0.0169. The molecule has 0 fully saturated rings. The SMILES string of the molecule is CCCCC/C=C\C/C=C\C/C=C\C/C=C\CCCC(=O)OC[C@H](COP(=O)(O)OC[C@@H](O)COP(=O)(O)OC[C@@H](COC(=O)CCC/C=C\C/C=C\C/C=C\C/C=C\CCCCC)OC(=O)CCCCCCCCCCCCCCC)OC(=O)CCCCCCC/C=C\CCCCCCCC. The lowest BCUT2D eigenvalue weighted by molar-refractivity contribution is -0.161. The van der Waals surface area contributed by atoms with E-state index < -0.39 is 97.5 Å². The molecule has 0 amide bonds. The number of allylic oxidation sites excluding steroid dienone is 18. The Morgan fingerprint density at radius 1 is 0.275 bits per heavy atom. The Balaban J connectivity index is 5.44. The fraction of sp³-hybridized carbons (Fsp3) is 0.735. The van der Waals surface area contributed by atoms with E-state index >= 15 is 0 Å². The number of carbonyl (C=O) groups is 4. The van der Waals surface area contributed by atoms with Crippen LogP contribution in [0.4, 0.5) is 0 Å². The van der Waals surface area contributed by atoms with Crippen molar-refractivity contribution in [2.45, 2.75) is 354 Å². The van der Waals surface area contributed by atoms with Crippen molar-refractivity contribution >= 4 is 39.5 Å². The first kappa shape index (κ1) is 97.7. The van der Waals surface area contributed by atoms with Crippen LogP contribution in [0.2, 0.25) is 0 Å². The molecule has 2 unspecified atom stereocenters. The first-order valence-corrected chi connectivity index (χ1v) is 43.1. The number of aliphatic hydroxyl groups is 1. The number of rotatable bonds is 75. The zero-order chi connectivity index (χ0) is 74.6. The van der Waals surface area contributed by atoms with Gasteiger partial charge in [0.1, 0.15) is 19.3 Å². The number of hydrogen-bond acceptors (Lipinski definition) is 15. The molecule has 5 atom stereocenters. The fourth-order valence-corrected chi connectivity index (χ4v) is 12.1. The molecule has 19 heteroatoms. The Kier molecular flexibility index (Phi) is 71.8. The monoisotopic (exact) mass is 1470 g/mol. The molecular formula is C83H144O17P2. The molecule has 0 aromatic carbocycles. The molecule has 0 aromatic rings. The van der Waals surface area contributed by atoms with Crippen LogP contribution in [0.3, 0.4) is 0 Å². The van der Waals surface area contributed by atoms with Crippen molar-refractivity contribution in [1.82, 2.24) is 0 Å². The van der Waals surface area contributed by atoms with Gasteiger partial charge in [-0.15, -0.1) is 0 Å². The van der Waals surface area contributed by atoms with Crippen LogP contribution in [0, 0.1) is 0 Å². The number of hydrogen-bond donors (Lipinski definition) is 3. The van der Waals surface area contributed by atoms with Crippen molar-refractivity contribution in [2.24, 2.45) is 0 Å². The maximum absolute atomic E-state index is 13.1. The maximum atomic E-state index is 13.1. The van der Waals surface area contributed by atoms with Gasteiger partial charge in [-0.05, 0) is 128 Å². The lowest BCUT2D eigenvalue weighted by Crippen LogP contribution is -2.30. The van der Waals surface area contributed by atoms with Crippen LogP contribution in [0.1, 0.15) is 336 Å². The summed E-state index contributed by atoms with van der Waals surface area (Å²) < 4.78 is 68.5. The predicted molar refractivity (Wildman–Crippen MR) is 418 cm³/mol. The van der Waals surface area contributed by atoms with E-state index in [-0.39, 0.29) is 25.7 Å². The molecule has 17 nitrogen and oxygen atoms in total. The molecule has 0 rings (SSSR count). The highest BCUT2D eigenvalue weighted by atomic mass is 31.2. The van der Waals surface area contributed by atoms with Gasteiger partial charge in [0.2, 0.25) is 0 Å². The zero-order valence-electron chi connectivity index (χ0n) is 64.3. The summed E-state index contributed by atoms with van der Waals surface area (Å²) in [4.78, 5) is 72.9. The molecule has 0 aliphatic carbocycles. The van der Waals surface area contributed by atoms with Gasteiger partial charge in [0, 0.05) is 25.7 Å². The zero-order valence-corrected chi connectivity index (χ0v) is 66.0. The molecule has 0 radical (unpaired) electrons. The lowest BCUT2D eigenvalue weighted by Gasteiger charge is -2.21. The third-order valence-corrected chi connectivity index (χ3v) is 18.6. The number of aliphatic hydroxyl groups excluding tert-OH is 1. The van der Waals surface area contributed by atoms with E-state index in [9.17, 15) is 43.2 Å². The van der Waals surface area contributed by atoms with Crippen molar-refractivity contribution < 1.29 is 80.2 Å². The topological polar surface area (TPSA) is 237 Å². The number of ether oxygens (including phenoxy) is 4. The highest BCUT2D eigenvalue weighted by Gasteiger charge is 2.30. The average molecular weight is 1480 g/mol. The molecule has 0 spiro atoms. The fourth-order valence-electron chi connectivity index (χ4n) is 10.6. The molecule has 0 aromatic heterocycles. The van der Waals surface area contributed by atoms with Crippen molar-refractivity contribution in [3.8, 4) is 0 Å². The summed E-state index contributed by atoms with van der Waals surface area (Å²) in [5, 5.41) is 10.6. The molecule has 3 N–H and O–H groups in total. The smallest absolute Gasteiger partial charge is 0.462 e. The van der Waals surface area contributed by atoms with Gasteiger partial charge in [0.15, 0.2) is 12.2 Å². The molecule has 0 heterocycles. The largest absolute Gasteiger partial charge is 0.472 e. The lowest BCUT2D eigenvalue weighted by atomic mass is 10.0. The first-order valence-electron chi connectivity index (χ1n) is 40.1. The highest BCUT2D eigenvalue weighted by molar-refractivity contribution is 7.47. The number of esters is 4. The average Bonchev–Trinajstić information content (AvgIpc) is 0.939. The second kappa shape index (κ2) is 75.0. The van der Waals surface area contributed by atoms with Gasteiger partial charge in [-0.25, -0.2) is 9.13 Å². The van der Waals surface area contributed by atoms with Crippen LogP contribution in [-0.2, 0) is 65.4 Å². The number of phosphoric ester groups is 2. The Hall–Kier alpha value is -4.28. The van der Waals surface area contributed by atoms with Crippen LogP contribution in [0.25, 0.3) is 0 Å². The third-order valence-electron chi connectivity index (χ3n) is 16.7. The van der Waals surface area contributed by atoms with E-state index in [1.54, 1.807) is 0 Å². The van der Waals surface area contributed by atoms with Crippen LogP contribution in [-0.4, -0.2) is 96.7 Å². The minimum atomic E-state index is -4.99. The Morgan fingerprint density at radius 2 is 0.490 bits per heavy atom. The minimum Gasteiger partial charge on any atom is -0.462 e. The van der Waals surface area contributed by atoms with E-state index in [1.165, 1.54) is 128 Å². The Bertz CT molecular complexity index is 2360. The summed E-state index contributed by atoms with van der Waals surface area (Å²) in [5.41, 5.74) is 0. The number of unbranched alkanes of at least 4 members (excludes halogenated alkanes) is 31. The molecular weight excluding hydrogens is 1330 g/mol. The Labute approximate surface area is 619 Å². The molecule has 0 bridgehead atoms. The van der Waals surface area contributed by atoms with Gasteiger partial charge in [-0.1, -0.05) is 291 Å². The van der Waals surface area contributed by atoms with Gasteiger partial charge in [0.05, 0.1) is 26.4 Å². The summed E-state index contributed by atoms with van der Waals surface area (Å²) in [7, 11) is -9.98. The standard InChI is InChI=1S/C83H144O17P2/c1-5-9-13-17-21-25-29-33-36-38-41-44-47-51-55-59-63-67-80(85)93-73-78(99-82(87)69-65-61-57-53-49-43-32-28-24-20-16-12-8-4)75-97-101(89,90)95-71-77(84)72-96-102(91,92)98-76-79(100-83(88)70-66-62-58-54-50-46-40-35-31-27-23-19-15-11-7-3)74-94-81(86)68-64-60-56-52-48-45-42-39-37-34-30-26-22-18-14-10-6-2/h21-22,25-26,33-37,40-42,44-45,51-52,55-56,77-79,84H,5-20,23-24,27-32,38-39,43,46-50,53-54,57-76H2,1-4H3,(H,89,90)(H,91,92)/b25-21-,26-22-,36-33-,37-34-,40-35-,44-41-,45-42-,55-51-,56-52-/t77-,78+,79+/m0/s1. The van der Waals surface area contributed by atoms with Crippen LogP contribution >= 0.6 is 15.6 Å². The molecule has 102 heavy (non-hydrogen) atoms. The minimum absolute atomic E-state index is 0.0721. The van der Waals surface area contributed by atoms with Crippen molar-refractivity contribution in [2.75, 3.05) is 39.6 Å². The predicted octanol–water partition coefficient (Wildman–Crippen LogP) is 23.3. The summed E-state index contributed by atoms with van der Waals surface area (Å²) in [6, 6.07) is 0. The highest BCUT2D eigenvalue weighted by Crippen LogP contribution is 2.45. The summed E-state index contributed by atoms with van der Waals surface area (Å²) in [6.45, 7) is 4.71. The van der Waals surface area contributed by atoms with Crippen LogP contribution in [0.5, 0.6) is 0 Å². The van der Waals surface area contributed by atoms with E-state index in [1.807, 2.05) is 24.3 Å². The van der Waals surface area contributed by atoms with Gasteiger partial charge in [-0.2, -0.15) is 0 Å². The van der Waals surface area contributed by atoms with Gasteiger partial charge in [-0.3, -0.25) is 37.3 Å². The van der Waals surface area contributed by atoms with Crippen molar-refractivity contribution in [3.05, 3.63) is 109 Å². The Morgan fingerprint density at radius 3 is 0.794 bits per heavy atom. The molecule has 0 saturated carbocycles. The normalized spacial score (nSPS) is 14.5. The molecule has 0 aliphatic heterocycles. The van der Waals surface area contributed by atoms with E-state index in [0.717, 1.165) is 116 Å². The second-order valence-electron chi connectivity index (χ2n) is 26.7. The van der Waals surface area contributed by atoms with Crippen LogP contribution in [0.15, 0.2) is 109 Å². The second-order valence-corrected chi connectivity index (χ2v) is 29.6. The van der Waals surface area contributed by atoms with Crippen molar-refractivity contribution in [3.63, 3.8) is 0 Å². The maximum Gasteiger partial charge on any atom is 0.472 e. The summed E-state index contributed by atoms with van der Waals surface area (Å²) in [6.07, 6.45) is 80.8. The van der Waals surface area contributed by atoms with Crippen LogP contribution < -0.4 is 0 Å². The number of carbonyl (C=O) groups excluding carboxylic acids is 4. The van der Waals surface area contributed by atoms with E-state index in [2.05, 4.69) is 113 Å². The van der Waals surface area contributed by atoms with Crippen molar-refractivity contribution in [1.29, 1.82) is 0 Å². The van der Waals surface area contributed by atoms with E-state index in [0.29, 0.717) is 38.5 Å². The molecule has 0 saturated heterocycles. The molecule has 588 valence electrons. The van der Waals surface area contributed by atoms with Gasteiger partial charge >= 0.3 is 39.5 Å². The van der Waals surface area contributed by atoms with Gasteiger partial charge in [0.25, 0.3) is 0 Å².